The number of aryl methyl sites for hydroxylation is 1. The van der Waals surface area contributed by atoms with E-state index in [0.717, 1.165) is 32.4 Å². The van der Waals surface area contributed by atoms with E-state index in [9.17, 15) is 19.8 Å². The number of carboxylic acid groups (broad SMARTS) is 1. The monoisotopic (exact) mass is 502 g/mol. The van der Waals surface area contributed by atoms with Gasteiger partial charge in [-0.3, -0.25) is 4.79 Å². The van der Waals surface area contributed by atoms with Gasteiger partial charge in [0.05, 0.1) is 5.69 Å². The first kappa shape index (κ1) is 26.1. The van der Waals surface area contributed by atoms with Crippen LogP contribution in [0.15, 0.2) is 54.6 Å². The van der Waals surface area contributed by atoms with E-state index < -0.39 is 17.9 Å². The fraction of sp³-hybridized carbons (Fsp3) is 0.379. The first-order chi connectivity index (χ1) is 17.8. The molecule has 1 saturated heterocycles. The standard InChI is InChI=1S/C29H34N4O4/c1-3-24(29(36)37)31-28(35)26-27(34)19(2)30-25(32-26)18-22-13-15-33(16-14-22)23-11-9-21(10-12-23)17-20-7-5-4-6-8-20/h4-12,22,24,34H,3,13-18H2,1-2H3,(H,31,35)(H,36,37). The second-order valence-electron chi connectivity index (χ2n) is 9.66. The summed E-state index contributed by atoms with van der Waals surface area (Å²) >= 11 is 0. The lowest BCUT2D eigenvalue weighted by molar-refractivity contribution is -0.139. The third-order valence-corrected chi connectivity index (χ3v) is 6.97. The molecule has 0 aliphatic carbocycles. The molecular formula is C29H34N4O4. The van der Waals surface area contributed by atoms with Gasteiger partial charge in [-0.1, -0.05) is 49.4 Å². The molecule has 3 N–H and O–H groups in total. The minimum absolute atomic E-state index is 0.171. The Kier molecular flexibility index (Phi) is 8.38. The molecule has 1 aliphatic rings. The van der Waals surface area contributed by atoms with Crippen molar-refractivity contribution in [3.8, 4) is 5.75 Å². The number of hydrogen-bond donors (Lipinski definition) is 3. The van der Waals surface area contributed by atoms with Crippen molar-refractivity contribution in [1.29, 1.82) is 0 Å². The van der Waals surface area contributed by atoms with E-state index in [1.54, 1.807) is 13.8 Å². The molecule has 3 aromatic rings. The summed E-state index contributed by atoms with van der Waals surface area (Å²) in [5.74, 6) is -1.29. The predicted molar refractivity (Wildman–Crippen MR) is 142 cm³/mol. The van der Waals surface area contributed by atoms with E-state index in [1.165, 1.54) is 16.8 Å². The van der Waals surface area contributed by atoms with Crippen LogP contribution in [0.1, 0.15) is 59.3 Å². The topological polar surface area (TPSA) is 116 Å². The smallest absolute Gasteiger partial charge is 0.326 e. The SMILES string of the molecule is CCC(NC(=O)c1nc(CC2CCN(c3ccc(Cc4ccccc4)cc3)CC2)nc(C)c1O)C(=O)O. The van der Waals surface area contributed by atoms with Crippen LogP contribution in [0.5, 0.6) is 5.75 Å². The molecule has 1 unspecified atom stereocenters. The number of carboxylic acids is 1. The van der Waals surface area contributed by atoms with E-state index >= 15 is 0 Å². The normalized spacial score (nSPS) is 14.8. The average molecular weight is 503 g/mol. The predicted octanol–water partition coefficient (Wildman–Crippen LogP) is 4.13. The number of nitrogens with one attached hydrogen (secondary N) is 1. The minimum atomic E-state index is -1.13. The Labute approximate surface area is 217 Å². The Bertz CT molecular complexity index is 1220. The van der Waals surface area contributed by atoms with Gasteiger partial charge in [0.2, 0.25) is 0 Å². The Morgan fingerprint density at radius 2 is 1.68 bits per heavy atom. The molecule has 2 aromatic carbocycles. The number of anilines is 1. The van der Waals surface area contributed by atoms with E-state index in [0.29, 0.717) is 23.9 Å². The number of aromatic hydroxyl groups is 1. The van der Waals surface area contributed by atoms with Crippen molar-refractivity contribution in [2.75, 3.05) is 18.0 Å². The van der Waals surface area contributed by atoms with Gasteiger partial charge in [-0.15, -0.1) is 0 Å². The van der Waals surface area contributed by atoms with Gasteiger partial charge in [0, 0.05) is 25.2 Å². The molecule has 0 radical (unpaired) electrons. The lowest BCUT2D eigenvalue weighted by Crippen LogP contribution is -2.40. The third-order valence-electron chi connectivity index (χ3n) is 6.97. The maximum atomic E-state index is 12.6. The second-order valence-corrected chi connectivity index (χ2v) is 9.66. The molecule has 37 heavy (non-hydrogen) atoms. The number of nitrogens with zero attached hydrogens (tertiary/aromatic N) is 3. The summed E-state index contributed by atoms with van der Waals surface area (Å²) in [5.41, 5.74) is 3.95. The molecule has 194 valence electrons. The van der Waals surface area contributed by atoms with E-state index in [-0.39, 0.29) is 17.9 Å². The summed E-state index contributed by atoms with van der Waals surface area (Å²) in [7, 11) is 0. The van der Waals surface area contributed by atoms with Crippen molar-refractivity contribution in [1.82, 2.24) is 15.3 Å². The van der Waals surface area contributed by atoms with Crippen LogP contribution in [0.3, 0.4) is 0 Å². The lowest BCUT2D eigenvalue weighted by atomic mass is 9.92. The van der Waals surface area contributed by atoms with Crippen LogP contribution < -0.4 is 10.2 Å². The van der Waals surface area contributed by atoms with Gasteiger partial charge in [0.25, 0.3) is 5.91 Å². The molecule has 1 aromatic heterocycles. The maximum absolute atomic E-state index is 12.6. The van der Waals surface area contributed by atoms with Crippen molar-refractivity contribution in [2.24, 2.45) is 5.92 Å². The summed E-state index contributed by atoms with van der Waals surface area (Å²) in [6.45, 7) is 5.13. The molecule has 4 rings (SSSR count). The van der Waals surface area contributed by atoms with Gasteiger partial charge in [-0.05, 0) is 61.8 Å². The number of piperidine rings is 1. The number of amides is 1. The summed E-state index contributed by atoms with van der Waals surface area (Å²) in [6, 6.07) is 18.2. The number of aromatic nitrogens is 2. The van der Waals surface area contributed by atoms with Gasteiger partial charge in [0.15, 0.2) is 11.4 Å². The van der Waals surface area contributed by atoms with Gasteiger partial charge in [0.1, 0.15) is 11.9 Å². The summed E-state index contributed by atoms with van der Waals surface area (Å²) < 4.78 is 0. The molecule has 0 bridgehead atoms. The fourth-order valence-electron chi connectivity index (χ4n) is 4.75. The first-order valence-electron chi connectivity index (χ1n) is 12.8. The molecule has 1 aliphatic heterocycles. The van der Waals surface area contributed by atoms with Crippen LogP contribution in [0.4, 0.5) is 5.69 Å². The van der Waals surface area contributed by atoms with Crippen molar-refractivity contribution in [3.63, 3.8) is 0 Å². The highest BCUT2D eigenvalue weighted by molar-refractivity contribution is 5.97. The van der Waals surface area contributed by atoms with Crippen molar-refractivity contribution in [3.05, 3.63) is 82.9 Å². The quantitative estimate of drug-likeness (QED) is 0.403. The van der Waals surface area contributed by atoms with E-state index in [1.807, 2.05) is 6.07 Å². The van der Waals surface area contributed by atoms with Crippen LogP contribution in [-0.2, 0) is 17.6 Å². The maximum Gasteiger partial charge on any atom is 0.326 e. The van der Waals surface area contributed by atoms with Crippen LogP contribution in [0, 0.1) is 12.8 Å². The van der Waals surface area contributed by atoms with Gasteiger partial charge in [-0.2, -0.15) is 0 Å². The van der Waals surface area contributed by atoms with E-state index in [2.05, 4.69) is 68.7 Å². The highest BCUT2D eigenvalue weighted by Gasteiger charge is 2.25. The number of carbonyl (C=O) groups excluding carboxylic acids is 1. The van der Waals surface area contributed by atoms with Crippen molar-refractivity contribution in [2.45, 2.75) is 52.0 Å². The number of hydrogen-bond acceptors (Lipinski definition) is 6. The molecule has 0 spiro atoms. The Balaban J connectivity index is 1.35. The van der Waals surface area contributed by atoms with Crippen LogP contribution in [0.25, 0.3) is 0 Å². The lowest BCUT2D eigenvalue weighted by Gasteiger charge is -2.33. The number of aliphatic carboxylic acids is 1. The number of benzene rings is 2. The molecule has 1 fully saturated rings. The zero-order chi connectivity index (χ0) is 26.4. The Morgan fingerprint density at radius 3 is 2.30 bits per heavy atom. The van der Waals surface area contributed by atoms with Crippen LogP contribution in [-0.4, -0.2) is 51.2 Å². The molecule has 1 amide bonds. The highest BCUT2D eigenvalue weighted by atomic mass is 16.4. The third kappa shape index (κ3) is 6.64. The molecule has 2 heterocycles. The largest absolute Gasteiger partial charge is 0.504 e. The van der Waals surface area contributed by atoms with Gasteiger partial charge >= 0.3 is 5.97 Å². The second kappa shape index (κ2) is 11.9. The first-order valence-corrected chi connectivity index (χ1v) is 12.8. The van der Waals surface area contributed by atoms with Crippen molar-refractivity contribution >= 4 is 17.6 Å². The molecule has 8 heteroatoms. The summed E-state index contributed by atoms with van der Waals surface area (Å²) in [4.78, 5) is 35.0. The molecular weight excluding hydrogens is 468 g/mol. The van der Waals surface area contributed by atoms with Gasteiger partial charge < -0.3 is 20.4 Å². The zero-order valence-electron chi connectivity index (χ0n) is 21.4. The molecule has 1 atom stereocenters. The number of rotatable bonds is 9. The highest BCUT2D eigenvalue weighted by Crippen LogP contribution is 2.27. The Hall–Kier alpha value is -3.94. The molecule has 8 nitrogen and oxygen atoms in total. The summed E-state index contributed by atoms with van der Waals surface area (Å²) in [5, 5.41) is 22.0. The Morgan fingerprint density at radius 1 is 1.03 bits per heavy atom. The number of carbonyl (C=O) groups is 2. The van der Waals surface area contributed by atoms with Gasteiger partial charge in [-0.25, -0.2) is 14.8 Å². The fourth-order valence-corrected chi connectivity index (χ4v) is 4.75. The van der Waals surface area contributed by atoms with Crippen LogP contribution in [0.2, 0.25) is 0 Å². The zero-order valence-corrected chi connectivity index (χ0v) is 21.4. The van der Waals surface area contributed by atoms with Crippen molar-refractivity contribution < 1.29 is 19.8 Å². The van der Waals surface area contributed by atoms with Crippen LogP contribution >= 0.6 is 0 Å². The summed E-state index contributed by atoms with van der Waals surface area (Å²) in [6.07, 6.45) is 3.68. The van der Waals surface area contributed by atoms with E-state index in [4.69, 9.17) is 0 Å². The minimum Gasteiger partial charge on any atom is -0.504 e. The molecule has 0 saturated carbocycles. The average Bonchev–Trinajstić information content (AvgIpc) is 2.90.